The number of nitrogens with zero attached hydrogens (tertiary/aromatic N) is 4. The molecular formula is C21H24N4O5. The van der Waals surface area contributed by atoms with Gasteiger partial charge in [0.25, 0.3) is 5.56 Å². The third-order valence-corrected chi connectivity index (χ3v) is 5.30. The summed E-state index contributed by atoms with van der Waals surface area (Å²) >= 11 is 0. The van der Waals surface area contributed by atoms with Gasteiger partial charge in [0.2, 0.25) is 5.78 Å². The molecule has 9 heteroatoms. The Labute approximate surface area is 172 Å². The zero-order chi connectivity index (χ0) is 22.3. The van der Waals surface area contributed by atoms with Gasteiger partial charge >= 0.3 is 11.7 Å². The Morgan fingerprint density at radius 3 is 2.33 bits per heavy atom. The second-order valence-corrected chi connectivity index (χ2v) is 7.50. The van der Waals surface area contributed by atoms with E-state index in [1.54, 1.807) is 6.07 Å². The Bertz CT molecular complexity index is 1300. The third kappa shape index (κ3) is 3.58. The fourth-order valence-electron chi connectivity index (χ4n) is 3.39. The Morgan fingerprint density at radius 2 is 1.67 bits per heavy atom. The molecule has 1 atom stereocenters. The number of carbonyl (C=O) groups is 2. The molecule has 0 N–H and O–H groups in total. The van der Waals surface area contributed by atoms with E-state index in [0.29, 0.717) is 5.56 Å². The van der Waals surface area contributed by atoms with Gasteiger partial charge in [-0.3, -0.25) is 23.5 Å². The Kier molecular flexibility index (Phi) is 5.47. The largest absolute Gasteiger partial charge is 0.453 e. The number of esters is 1. The first-order valence-corrected chi connectivity index (χ1v) is 9.45. The number of rotatable bonds is 5. The first-order chi connectivity index (χ1) is 14.0. The number of aryl methyl sites for hydroxylation is 4. The van der Waals surface area contributed by atoms with Crippen molar-refractivity contribution >= 4 is 22.9 Å². The van der Waals surface area contributed by atoms with Crippen molar-refractivity contribution in [2.24, 2.45) is 14.1 Å². The molecule has 2 heterocycles. The van der Waals surface area contributed by atoms with Crippen LogP contribution in [0.25, 0.3) is 11.2 Å². The Hall–Kier alpha value is -3.49. The Balaban J connectivity index is 1.83. The van der Waals surface area contributed by atoms with E-state index >= 15 is 0 Å². The molecule has 0 fully saturated rings. The van der Waals surface area contributed by atoms with Gasteiger partial charge in [-0.15, -0.1) is 0 Å². The number of hydrogen-bond donors (Lipinski definition) is 0. The maximum Gasteiger partial charge on any atom is 0.332 e. The molecule has 0 saturated heterocycles. The van der Waals surface area contributed by atoms with Crippen molar-refractivity contribution < 1.29 is 14.3 Å². The molecule has 0 amide bonds. The summed E-state index contributed by atoms with van der Waals surface area (Å²) in [5, 5.41) is 0. The van der Waals surface area contributed by atoms with Crippen LogP contribution in [0.3, 0.4) is 0 Å². The van der Waals surface area contributed by atoms with Gasteiger partial charge in [-0.25, -0.2) is 9.78 Å². The fourth-order valence-corrected chi connectivity index (χ4v) is 3.39. The average molecular weight is 412 g/mol. The molecular weight excluding hydrogens is 388 g/mol. The first-order valence-electron chi connectivity index (χ1n) is 9.45. The second kappa shape index (κ2) is 7.74. The average Bonchev–Trinajstić information content (AvgIpc) is 3.10. The number of hydrogen-bond acceptors (Lipinski definition) is 6. The van der Waals surface area contributed by atoms with Gasteiger partial charge in [-0.1, -0.05) is 6.07 Å². The van der Waals surface area contributed by atoms with Crippen molar-refractivity contribution in [2.45, 2.75) is 40.3 Å². The highest BCUT2D eigenvalue weighted by Crippen LogP contribution is 2.18. The number of ketones is 1. The van der Waals surface area contributed by atoms with Crippen molar-refractivity contribution in [1.29, 1.82) is 0 Å². The minimum Gasteiger partial charge on any atom is -0.453 e. The number of aromatic nitrogens is 4. The van der Waals surface area contributed by atoms with E-state index in [1.807, 2.05) is 26.8 Å². The molecule has 0 saturated carbocycles. The first kappa shape index (κ1) is 21.2. The zero-order valence-electron chi connectivity index (χ0n) is 17.8. The van der Waals surface area contributed by atoms with Gasteiger partial charge in [0.05, 0.1) is 6.33 Å². The number of ether oxygens (including phenoxy) is 1. The molecule has 0 unspecified atom stereocenters. The lowest BCUT2D eigenvalue weighted by atomic mass is 9.96. The van der Waals surface area contributed by atoms with Gasteiger partial charge < -0.3 is 9.30 Å². The molecule has 0 aliphatic heterocycles. The molecule has 3 aromatic rings. The van der Waals surface area contributed by atoms with E-state index < -0.39 is 23.3 Å². The molecule has 0 aliphatic rings. The molecule has 0 aliphatic carbocycles. The summed E-state index contributed by atoms with van der Waals surface area (Å²) in [5.41, 5.74) is 2.60. The lowest BCUT2D eigenvalue weighted by Gasteiger charge is -2.15. The van der Waals surface area contributed by atoms with Crippen LogP contribution in [0.2, 0.25) is 0 Å². The van der Waals surface area contributed by atoms with Crippen LogP contribution in [0, 0.1) is 20.8 Å². The third-order valence-electron chi connectivity index (χ3n) is 5.30. The zero-order valence-corrected chi connectivity index (χ0v) is 17.8. The summed E-state index contributed by atoms with van der Waals surface area (Å²) < 4.78 is 8.82. The summed E-state index contributed by atoms with van der Waals surface area (Å²) in [6.45, 7) is 6.93. The smallest absolute Gasteiger partial charge is 0.332 e. The van der Waals surface area contributed by atoms with Gasteiger partial charge in [-0.05, 0) is 50.5 Å². The molecule has 0 radical (unpaired) electrons. The summed E-state index contributed by atoms with van der Waals surface area (Å²) in [6.07, 6.45) is 0.312. The van der Waals surface area contributed by atoms with Crippen molar-refractivity contribution in [1.82, 2.24) is 18.7 Å². The number of benzene rings is 1. The SMILES string of the molecule is Cc1cc(C)c(C(=O)[C@@H](C)OC(=O)Cn2cnc3c2c(=O)n(C)c(=O)n3C)cc1C. The van der Waals surface area contributed by atoms with Gasteiger partial charge in [0.1, 0.15) is 6.54 Å². The van der Waals surface area contributed by atoms with E-state index in [-0.39, 0.29) is 23.5 Å². The van der Waals surface area contributed by atoms with Crippen LogP contribution in [0.4, 0.5) is 0 Å². The minimum atomic E-state index is -0.986. The topological polar surface area (TPSA) is 105 Å². The highest BCUT2D eigenvalue weighted by molar-refractivity contribution is 6.01. The molecule has 0 spiro atoms. The summed E-state index contributed by atoms with van der Waals surface area (Å²) in [5.74, 6) is -0.981. The van der Waals surface area contributed by atoms with Gasteiger partial charge in [0, 0.05) is 19.7 Å². The number of fused-ring (bicyclic) bond motifs is 1. The van der Waals surface area contributed by atoms with Crippen molar-refractivity contribution in [2.75, 3.05) is 0 Å². The number of imidazole rings is 1. The van der Waals surface area contributed by atoms with Crippen molar-refractivity contribution in [3.63, 3.8) is 0 Å². The van der Waals surface area contributed by atoms with Gasteiger partial charge in [-0.2, -0.15) is 0 Å². The Morgan fingerprint density at radius 1 is 1.03 bits per heavy atom. The van der Waals surface area contributed by atoms with Crippen LogP contribution in [-0.4, -0.2) is 36.5 Å². The van der Waals surface area contributed by atoms with E-state index in [4.69, 9.17) is 4.74 Å². The maximum absolute atomic E-state index is 12.8. The molecule has 1 aromatic carbocycles. The number of carbonyl (C=O) groups excluding carboxylic acids is 2. The quantitative estimate of drug-likeness (QED) is 0.460. The predicted molar refractivity (Wildman–Crippen MR) is 111 cm³/mol. The van der Waals surface area contributed by atoms with E-state index in [0.717, 1.165) is 21.3 Å². The van der Waals surface area contributed by atoms with Crippen molar-refractivity contribution in [3.8, 4) is 0 Å². The standard InChI is InChI=1S/C21H24N4O5/c1-11-7-13(3)15(8-12(11)2)18(27)14(4)30-16(26)9-25-10-22-19-17(25)20(28)24(6)21(29)23(19)5/h7-8,10,14H,9H2,1-6H3/t14-/m1/s1. The van der Waals surface area contributed by atoms with Crippen LogP contribution in [0.5, 0.6) is 0 Å². The summed E-state index contributed by atoms with van der Waals surface area (Å²) in [7, 11) is 2.85. The van der Waals surface area contributed by atoms with E-state index in [9.17, 15) is 19.2 Å². The van der Waals surface area contributed by atoms with Crippen LogP contribution < -0.4 is 11.2 Å². The lowest BCUT2D eigenvalue weighted by Crippen LogP contribution is -2.37. The van der Waals surface area contributed by atoms with Crippen LogP contribution >= 0.6 is 0 Å². The van der Waals surface area contributed by atoms with E-state index in [1.165, 1.54) is 36.5 Å². The normalized spacial score (nSPS) is 12.2. The molecule has 3 rings (SSSR count). The van der Waals surface area contributed by atoms with Crippen LogP contribution in [-0.2, 0) is 30.2 Å². The van der Waals surface area contributed by atoms with Crippen LogP contribution in [0.1, 0.15) is 34.0 Å². The predicted octanol–water partition coefficient (Wildman–Crippen LogP) is 1.17. The number of Topliss-reactive ketones (excluding diaryl/α,β-unsaturated/α-hetero) is 1. The minimum absolute atomic E-state index is 0.112. The second-order valence-electron chi connectivity index (χ2n) is 7.50. The fraction of sp³-hybridized carbons (Fsp3) is 0.381. The van der Waals surface area contributed by atoms with Crippen molar-refractivity contribution in [3.05, 3.63) is 61.6 Å². The maximum atomic E-state index is 12.8. The van der Waals surface area contributed by atoms with Crippen LogP contribution in [0.15, 0.2) is 28.0 Å². The highest BCUT2D eigenvalue weighted by atomic mass is 16.5. The molecule has 30 heavy (non-hydrogen) atoms. The van der Waals surface area contributed by atoms with E-state index in [2.05, 4.69) is 4.98 Å². The molecule has 9 nitrogen and oxygen atoms in total. The summed E-state index contributed by atoms with van der Waals surface area (Å²) in [4.78, 5) is 53.8. The van der Waals surface area contributed by atoms with Gasteiger partial charge in [0.15, 0.2) is 17.3 Å². The summed E-state index contributed by atoms with van der Waals surface area (Å²) in [6, 6.07) is 3.72. The molecule has 0 bridgehead atoms. The lowest BCUT2D eigenvalue weighted by molar-refractivity contribution is -0.146. The monoisotopic (exact) mass is 412 g/mol. The molecule has 158 valence electrons. The highest BCUT2D eigenvalue weighted by Gasteiger charge is 2.23. The molecule has 2 aromatic heterocycles.